The van der Waals surface area contributed by atoms with Crippen LogP contribution >= 0.6 is 11.3 Å². The van der Waals surface area contributed by atoms with Crippen molar-refractivity contribution in [3.05, 3.63) is 77.2 Å². The van der Waals surface area contributed by atoms with Gasteiger partial charge >= 0.3 is 0 Å². The third-order valence-electron chi connectivity index (χ3n) is 4.51. The quantitative estimate of drug-likeness (QED) is 0.579. The van der Waals surface area contributed by atoms with Gasteiger partial charge in [-0.1, -0.05) is 30.3 Å². The van der Waals surface area contributed by atoms with Crippen LogP contribution in [0.4, 0.5) is 10.7 Å². The van der Waals surface area contributed by atoms with Crippen molar-refractivity contribution in [1.82, 2.24) is 0 Å². The molecule has 0 bridgehead atoms. The van der Waals surface area contributed by atoms with Crippen LogP contribution < -0.4 is 10.6 Å². The van der Waals surface area contributed by atoms with Gasteiger partial charge in [0.1, 0.15) is 0 Å². The molecule has 4 rings (SSSR count). The monoisotopic (exact) mass is 424 g/mol. The molecular formula is C22H20N2O3S2. The fraction of sp³-hybridized carbons (Fsp3) is 0.182. The first-order valence-electron chi connectivity index (χ1n) is 9.33. The van der Waals surface area contributed by atoms with Crippen molar-refractivity contribution >= 4 is 44.6 Å². The number of rotatable bonds is 7. The summed E-state index contributed by atoms with van der Waals surface area (Å²) in [6, 6.07) is 20.1. The zero-order valence-corrected chi connectivity index (χ0v) is 17.2. The van der Waals surface area contributed by atoms with E-state index in [1.54, 1.807) is 18.2 Å². The molecule has 0 radical (unpaired) electrons. The average Bonchev–Trinajstić information content (AvgIpc) is 3.48. The van der Waals surface area contributed by atoms with E-state index in [0.717, 1.165) is 23.3 Å². The summed E-state index contributed by atoms with van der Waals surface area (Å²) >= 11 is 1.25. The van der Waals surface area contributed by atoms with Gasteiger partial charge in [-0.2, -0.15) is 0 Å². The molecule has 1 heterocycles. The van der Waals surface area contributed by atoms with Crippen LogP contribution in [-0.4, -0.2) is 16.0 Å². The average molecular weight is 425 g/mol. The van der Waals surface area contributed by atoms with Gasteiger partial charge in [0.05, 0.1) is 26.4 Å². The number of carbonyl (C=O) groups is 2. The van der Waals surface area contributed by atoms with Crippen molar-refractivity contribution in [2.75, 3.05) is 10.6 Å². The molecule has 2 N–H and O–H groups in total. The Morgan fingerprint density at radius 2 is 1.76 bits per heavy atom. The minimum atomic E-state index is -1.14. The lowest BCUT2D eigenvalue weighted by atomic mass is 10.2. The van der Waals surface area contributed by atoms with E-state index >= 15 is 0 Å². The van der Waals surface area contributed by atoms with E-state index in [4.69, 9.17) is 0 Å². The van der Waals surface area contributed by atoms with Crippen LogP contribution in [0, 0.1) is 5.92 Å². The predicted molar refractivity (Wildman–Crippen MR) is 117 cm³/mol. The minimum absolute atomic E-state index is 0.0259. The summed E-state index contributed by atoms with van der Waals surface area (Å²) in [5, 5.41) is 6.41. The number of benzene rings is 2. The number of hydrogen-bond acceptors (Lipinski definition) is 4. The number of nitrogens with one attached hydrogen (secondary N) is 2. The van der Waals surface area contributed by atoms with E-state index < -0.39 is 10.8 Å². The first-order chi connectivity index (χ1) is 14.1. The van der Waals surface area contributed by atoms with Crippen molar-refractivity contribution in [3.63, 3.8) is 0 Å². The highest BCUT2D eigenvalue weighted by Crippen LogP contribution is 2.31. The molecule has 0 aliphatic heterocycles. The van der Waals surface area contributed by atoms with Gasteiger partial charge in [0.2, 0.25) is 5.91 Å². The van der Waals surface area contributed by atoms with Crippen LogP contribution in [0.25, 0.3) is 0 Å². The summed E-state index contributed by atoms with van der Waals surface area (Å²) in [4.78, 5) is 25.7. The van der Waals surface area contributed by atoms with Crippen molar-refractivity contribution < 1.29 is 13.8 Å². The molecule has 0 saturated heterocycles. The molecule has 7 heteroatoms. The minimum Gasteiger partial charge on any atom is -0.321 e. The second kappa shape index (κ2) is 8.71. The summed E-state index contributed by atoms with van der Waals surface area (Å²) in [5.74, 6) is 0.295. The first-order valence-corrected chi connectivity index (χ1v) is 11.5. The van der Waals surface area contributed by atoms with Crippen molar-refractivity contribution in [3.8, 4) is 0 Å². The Kier molecular flexibility index (Phi) is 5.87. The third kappa shape index (κ3) is 5.19. The Labute approximate surface area is 175 Å². The molecule has 1 aromatic heterocycles. The SMILES string of the molecule is O=C(Nc1cccc(CS(=O)c2ccccc2)c1)c1ccc(NC(=O)C2CC2)s1. The van der Waals surface area contributed by atoms with Crippen LogP contribution in [0.3, 0.4) is 0 Å². The van der Waals surface area contributed by atoms with Crippen LogP contribution in [0.15, 0.2) is 71.6 Å². The zero-order valence-electron chi connectivity index (χ0n) is 15.6. The molecular weight excluding hydrogens is 404 g/mol. The lowest BCUT2D eigenvalue weighted by Crippen LogP contribution is -2.12. The standard InChI is InChI=1S/C22H20N2O3S2/c25-21(16-9-10-16)24-20-12-11-19(28-20)22(26)23-17-6-4-5-15(13-17)14-29(27)18-7-2-1-3-8-18/h1-8,11-13,16H,9-10,14H2,(H,23,26)(H,24,25). The van der Waals surface area contributed by atoms with E-state index in [1.807, 2.05) is 48.5 Å². The normalized spacial score (nSPS) is 14.2. The van der Waals surface area contributed by atoms with E-state index in [2.05, 4.69) is 10.6 Å². The number of anilines is 2. The fourth-order valence-electron chi connectivity index (χ4n) is 2.83. The fourth-order valence-corrected chi connectivity index (χ4v) is 4.75. The van der Waals surface area contributed by atoms with Crippen LogP contribution in [0.1, 0.15) is 28.1 Å². The topological polar surface area (TPSA) is 75.3 Å². The predicted octanol–water partition coefficient (Wildman–Crippen LogP) is 4.66. The summed E-state index contributed by atoms with van der Waals surface area (Å²) in [7, 11) is -1.14. The molecule has 148 valence electrons. The van der Waals surface area contributed by atoms with Gasteiger partial charge in [0.25, 0.3) is 5.91 Å². The van der Waals surface area contributed by atoms with E-state index in [1.165, 1.54) is 11.3 Å². The van der Waals surface area contributed by atoms with Crippen molar-refractivity contribution in [2.24, 2.45) is 5.92 Å². The molecule has 1 unspecified atom stereocenters. The highest BCUT2D eigenvalue weighted by atomic mass is 32.2. The molecule has 5 nitrogen and oxygen atoms in total. The molecule has 29 heavy (non-hydrogen) atoms. The largest absolute Gasteiger partial charge is 0.321 e. The molecule has 1 saturated carbocycles. The van der Waals surface area contributed by atoms with E-state index in [0.29, 0.717) is 21.3 Å². The first kappa shape index (κ1) is 19.5. The zero-order chi connectivity index (χ0) is 20.2. The van der Waals surface area contributed by atoms with Gasteiger partial charge in [0.15, 0.2) is 0 Å². The van der Waals surface area contributed by atoms with Gasteiger partial charge in [0, 0.05) is 16.5 Å². The van der Waals surface area contributed by atoms with Gasteiger partial charge in [-0.3, -0.25) is 13.8 Å². The highest BCUT2D eigenvalue weighted by Gasteiger charge is 2.29. The summed E-state index contributed by atoms with van der Waals surface area (Å²) in [5.41, 5.74) is 1.53. The van der Waals surface area contributed by atoms with Crippen LogP contribution in [0.5, 0.6) is 0 Å². The van der Waals surface area contributed by atoms with Crippen LogP contribution in [-0.2, 0) is 21.3 Å². The molecule has 1 aliphatic rings. The second-order valence-electron chi connectivity index (χ2n) is 6.88. The third-order valence-corrected chi connectivity index (χ3v) is 6.91. The second-order valence-corrected chi connectivity index (χ2v) is 9.42. The molecule has 1 atom stereocenters. The van der Waals surface area contributed by atoms with Gasteiger partial charge in [-0.15, -0.1) is 11.3 Å². The summed E-state index contributed by atoms with van der Waals surface area (Å²) < 4.78 is 12.5. The lowest BCUT2D eigenvalue weighted by molar-refractivity contribution is -0.117. The maximum atomic E-state index is 12.5. The number of hydrogen-bond donors (Lipinski definition) is 2. The number of amides is 2. The Bertz CT molecular complexity index is 1060. The van der Waals surface area contributed by atoms with Crippen molar-refractivity contribution in [2.45, 2.75) is 23.5 Å². The molecule has 1 fully saturated rings. The maximum Gasteiger partial charge on any atom is 0.265 e. The van der Waals surface area contributed by atoms with Gasteiger partial charge < -0.3 is 10.6 Å². The van der Waals surface area contributed by atoms with E-state index in [9.17, 15) is 13.8 Å². The summed E-state index contributed by atoms with van der Waals surface area (Å²) in [6.45, 7) is 0. The Balaban J connectivity index is 1.38. The molecule has 1 aliphatic carbocycles. The maximum absolute atomic E-state index is 12.5. The number of carbonyl (C=O) groups excluding carboxylic acids is 2. The molecule has 2 amide bonds. The molecule has 2 aromatic carbocycles. The lowest BCUT2D eigenvalue weighted by Gasteiger charge is -2.07. The van der Waals surface area contributed by atoms with E-state index in [-0.39, 0.29) is 17.7 Å². The highest BCUT2D eigenvalue weighted by molar-refractivity contribution is 7.84. The smallest absolute Gasteiger partial charge is 0.265 e. The van der Waals surface area contributed by atoms with Crippen molar-refractivity contribution in [1.29, 1.82) is 0 Å². The molecule has 3 aromatic rings. The summed E-state index contributed by atoms with van der Waals surface area (Å²) in [6.07, 6.45) is 1.88. The van der Waals surface area contributed by atoms with Gasteiger partial charge in [-0.25, -0.2) is 0 Å². The number of thiophene rings is 1. The van der Waals surface area contributed by atoms with Crippen LogP contribution in [0.2, 0.25) is 0 Å². The Morgan fingerprint density at radius 1 is 0.966 bits per heavy atom. The Morgan fingerprint density at radius 3 is 2.52 bits per heavy atom. The Hall–Kier alpha value is -2.77. The van der Waals surface area contributed by atoms with Gasteiger partial charge in [-0.05, 0) is 54.8 Å². The molecule has 0 spiro atoms.